The van der Waals surface area contributed by atoms with Crippen molar-refractivity contribution < 1.29 is 13.6 Å². The van der Waals surface area contributed by atoms with Crippen molar-refractivity contribution in [3.8, 4) is 11.3 Å². The number of nitrogens with two attached hydrogens (primary N) is 1. The van der Waals surface area contributed by atoms with Crippen LogP contribution < -0.4 is 11.1 Å². The highest BCUT2D eigenvalue weighted by Gasteiger charge is 2.21. The van der Waals surface area contributed by atoms with E-state index in [9.17, 15) is 9.18 Å². The number of halogens is 2. The van der Waals surface area contributed by atoms with Gasteiger partial charge < -0.3 is 15.5 Å². The van der Waals surface area contributed by atoms with Crippen molar-refractivity contribution in [3.05, 3.63) is 64.5 Å². The number of hydrogen-bond donors (Lipinski definition) is 2. The minimum atomic E-state index is -0.394. The molecule has 0 radical (unpaired) electrons. The van der Waals surface area contributed by atoms with Crippen LogP contribution in [0.1, 0.15) is 21.9 Å². The Morgan fingerprint density at radius 3 is 2.85 bits per heavy atom. The van der Waals surface area contributed by atoms with Gasteiger partial charge in [0.25, 0.3) is 5.91 Å². The zero-order valence-electron chi connectivity index (χ0n) is 15.0. The van der Waals surface area contributed by atoms with Crippen LogP contribution in [0.25, 0.3) is 11.3 Å². The van der Waals surface area contributed by atoms with Gasteiger partial charge in [-0.15, -0.1) is 0 Å². The number of amides is 1. The number of carbonyl (C=O) groups is 1. The Balaban J connectivity index is 1.76. The Hall–Kier alpha value is -2.64. The summed E-state index contributed by atoms with van der Waals surface area (Å²) in [6.07, 6.45) is 1.95. The van der Waals surface area contributed by atoms with Crippen molar-refractivity contribution in [2.75, 3.05) is 6.54 Å². The van der Waals surface area contributed by atoms with E-state index < -0.39 is 5.91 Å². The summed E-state index contributed by atoms with van der Waals surface area (Å²) < 4.78 is 20.6. The molecule has 6 nitrogen and oxygen atoms in total. The lowest BCUT2D eigenvalue weighted by atomic mass is 10.1. The van der Waals surface area contributed by atoms with E-state index >= 15 is 0 Å². The van der Waals surface area contributed by atoms with E-state index in [1.54, 1.807) is 36.9 Å². The molecule has 0 fully saturated rings. The second kappa shape index (κ2) is 7.94. The topological polar surface area (TPSA) is 86.1 Å². The molecular formula is C19H20ClFN4O2. The monoisotopic (exact) mass is 390 g/mol. The third-order valence-electron chi connectivity index (χ3n) is 4.28. The number of nitrogens with one attached hydrogen (secondary N) is 1. The van der Waals surface area contributed by atoms with Gasteiger partial charge in [0.15, 0.2) is 5.76 Å². The van der Waals surface area contributed by atoms with Crippen LogP contribution in [0.3, 0.4) is 0 Å². The maximum atomic E-state index is 13.3. The van der Waals surface area contributed by atoms with E-state index in [4.69, 9.17) is 21.8 Å². The molecule has 1 atom stereocenters. The number of nitrogens with zero attached hydrogens (tertiary/aromatic N) is 2. The number of benzene rings is 1. The van der Waals surface area contributed by atoms with Crippen molar-refractivity contribution in [2.45, 2.75) is 19.4 Å². The summed E-state index contributed by atoms with van der Waals surface area (Å²) in [4.78, 5) is 12.6. The molecule has 2 aromatic heterocycles. The van der Waals surface area contributed by atoms with E-state index in [1.165, 1.54) is 18.3 Å². The molecular weight excluding hydrogens is 371 g/mol. The fourth-order valence-electron chi connectivity index (χ4n) is 2.94. The second-order valence-corrected chi connectivity index (χ2v) is 6.69. The van der Waals surface area contributed by atoms with Crippen molar-refractivity contribution in [2.24, 2.45) is 12.8 Å². The summed E-state index contributed by atoms with van der Waals surface area (Å²) >= 11 is 6.18. The molecule has 27 heavy (non-hydrogen) atoms. The van der Waals surface area contributed by atoms with Gasteiger partial charge in [-0.05, 0) is 37.1 Å². The maximum Gasteiger partial charge on any atom is 0.287 e. The molecule has 0 saturated heterocycles. The predicted molar refractivity (Wildman–Crippen MR) is 101 cm³/mol. The maximum absolute atomic E-state index is 13.3. The summed E-state index contributed by atoms with van der Waals surface area (Å²) in [5.41, 5.74) is 7.89. The van der Waals surface area contributed by atoms with Crippen molar-refractivity contribution >= 4 is 17.5 Å². The Kier molecular flexibility index (Phi) is 5.62. The van der Waals surface area contributed by atoms with Crippen molar-refractivity contribution in [3.63, 3.8) is 0 Å². The molecule has 8 heteroatoms. The predicted octanol–water partition coefficient (Wildman–Crippen LogP) is 3.08. The van der Waals surface area contributed by atoms with Crippen LogP contribution in [0.5, 0.6) is 0 Å². The average molecular weight is 391 g/mol. The Morgan fingerprint density at radius 1 is 1.44 bits per heavy atom. The summed E-state index contributed by atoms with van der Waals surface area (Å²) in [7, 11) is 1.76. The van der Waals surface area contributed by atoms with Crippen LogP contribution in [-0.4, -0.2) is 28.3 Å². The lowest BCUT2D eigenvalue weighted by Crippen LogP contribution is -2.41. The molecule has 0 unspecified atom stereocenters. The van der Waals surface area contributed by atoms with E-state index in [-0.39, 0.29) is 24.2 Å². The third kappa shape index (κ3) is 4.20. The fraction of sp³-hybridized carbons (Fsp3) is 0.263. The first-order valence-electron chi connectivity index (χ1n) is 8.42. The van der Waals surface area contributed by atoms with Gasteiger partial charge in [0.2, 0.25) is 0 Å². The van der Waals surface area contributed by atoms with E-state index in [1.807, 2.05) is 0 Å². The van der Waals surface area contributed by atoms with E-state index in [0.29, 0.717) is 28.5 Å². The normalized spacial score (nSPS) is 12.2. The molecule has 0 bridgehead atoms. The Labute approximate surface area is 161 Å². The Bertz CT molecular complexity index is 947. The SMILES string of the molecule is Cc1oc(C(=O)N[C@H](CN)Cc2cccc(F)c2)cc1-c1c(Cl)cnn1C. The second-order valence-electron chi connectivity index (χ2n) is 6.29. The molecule has 3 aromatic rings. The van der Waals surface area contributed by atoms with E-state index in [2.05, 4.69) is 10.4 Å². The van der Waals surface area contributed by atoms with Crippen LogP contribution in [0.4, 0.5) is 4.39 Å². The van der Waals surface area contributed by atoms with Gasteiger partial charge in [0, 0.05) is 25.2 Å². The first kappa shape index (κ1) is 19.1. The third-order valence-corrected chi connectivity index (χ3v) is 4.56. The molecule has 0 spiro atoms. The molecule has 1 amide bonds. The minimum absolute atomic E-state index is 0.150. The highest BCUT2D eigenvalue weighted by molar-refractivity contribution is 6.33. The average Bonchev–Trinajstić information content (AvgIpc) is 3.16. The van der Waals surface area contributed by atoms with Crippen LogP contribution in [0.15, 0.2) is 40.9 Å². The van der Waals surface area contributed by atoms with Gasteiger partial charge >= 0.3 is 0 Å². The molecule has 3 N–H and O–H groups in total. The van der Waals surface area contributed by atoms with Gasteiger partial charge in [0.1, 0.15) is 11.6 Å². The number of aryl methyl sites for hydroxylation is 2. The van der Waals surface area contributed by atoms with Crippen molar-refractivity contribution in [1.82, 2.24) is 15.1 Å². The summed E-state index contributed by atoms with van der Waals surface area (Å²) in [6.45, 7) is 1.96. The largest absolute Gasteiger partial charge is 0.455 e. The van der Waals surface area contributed by atoms with Crippen LogP contribution >= 0.6 is 11.6 Å². The standard InChI is InChI=1S/C19H20ClFN4O2/c1-11-15(18-16(20)10-23-25(18)2)8-17(27-11)19(26)24-14(9-22)7-12-4-3-5-13(21)6-12/h3-6,8,10,14H,7,9,22H2,1-2H3,(H,24,26)/t14-/m0/s1. The highest BCUT2D eigenvalue weighted by Crippen LogP contribution is 2.31. The Morgan fingerprint density at radius 2 is 2.22 bits per heavy atom. The number of carbonyl (C=O) groups excluding carboxylic acids is 1. The molecule has 0 aliphatic carbocycles. The summed E-state index contributed by atoms with van der Waals surface area (Å²) in [5.74, 6) is -0.0130. The van der Waals surface area contributed by atoms with Gasteiger partial charge in [-0.2, -0.15) is 5.10 Å². The number of aromatic nitrogens is 2. The van der Waals surface area contributed by atoms with Crippen LogP contribution in [-0.2, 0) is 13.5 Å². The van der Waals surface area contributed by atoms with Crippen LogP contribution in [0, 0.1) is 12.7 Å². The number of hydrogen-bond acceptors (Lipinski definition) is 4. The quantitative estimate of drug-likeness (QED) is 0.677. The first-order chi connectivity index (χ1) is 12.9. The fourth-order valence-corrected chi connectivity index (χ4v) is 3.21. The zero-order chi connectivity index (χ0) is 19.6. The number of rotatable bonds is 6. The molecule has 0 aliphatic rings. The smallest absolute Gasteiger partial charge is 0.287 e. The van der Waals surface area contributed by atoms with Gasteiger partial charge in [-0.1, -0.05) is 23.7 Å². The molecule has 142 valence electrons. The van der Waals surface area contributed by atoms with Gasteiger partial charge in [0.05, 0.1) is 16.9 Å². The summed E-state index contributed by atoms with van der Waals surface area (Å²) in [5, 5.41) is 7.40. The molecule has 2 heterocycles. The zero-order valence-corrected chi connectivity index (χ0v) is 15.8. The lowest BCUT2D eigenvalue weighted by molar-refractivity contribution is 0.0908. The van der Waals surface area contributed by atoms with Crippen LogP contribution in [0.2, 0.25) is 5.02 Å². The van der Waals surface area contributed by atoms with Gasteiger partial charge in [-0.25, -0.2) is 4.39 Å². The first-order valence-corrected chi connectivity index (χ1v) is 8.80. The molecule has 0 aliphatic heterocycles. The number of furan rings is 1. The highest BCUT2D eigenvalue weighted by atomic mass is 35.5. The van der Waals surface area contributed by atoms with E-state index in [0.717, 1.165) is 5.56 Å². The van der Waals surface area contributed by atoms with Gasteiger partial charge in [-0.3, -0.25) is 9.48 Å². The lowest BCUT2D eigenvalue weighted by Gasteiger charge is -2.16. The molecule has 3 rings (SSSR count). The van der Waals surface area contributed by atoms with Crippen molar-refractivity contribution in [1.29, 1.82) is 0 Å². The summed E-state index contributed by atoms with van der Waals surface area (Å²) in [6, 6.07) is 7.49. The minimum Gasteiger partial charge on any atom is -0.455 e. The molecule has 1 aromatic carbocycles. The molecule has 0 saturated carbocycles.